The second kappa shape index (κ2) is 7.05. The molecule has 0 aliphatic carbocycles. The summed E-state index contributed by atoms with van der Waals surface area (Å²) in [4.78, 5) is 11.9. The van der Waals surface area contributed by atoms with Crippen LogP contribution in [0, 0.1) is 0 Å². The normalized spacial score (nSPS) is 12.7. The Kier molecular flexibility index (Phi) is 4.66. The first kappa shape index (κ1) is 15.2. The van der Waals surface area contributed by atoms with Gasteiger partial charge in [0.2, 0.25) is 5.91 Å². The molecule has 2 N–H and O–H groups in total. The summed E-state index contributed by atoms with van der Waals surface area (Å²) in [7, 11) is 0. The zero-order valence-electron chi connectivity index (χ0n) is 12.7. The predicted octanol–water partition coefficient (Wildman–Crippen LogP) is 2.41. The van der Waals surface area contributed by atoms with Gasteiger partial charge >= 0.3 is 0 Å². The van der Waals surface area contributed by atoms with Crippen LogP contribution >= 0.6 is 0 Å². The Labute approximate surface area is 134 Å². The van der Waals surface area contributed by atoms with Crippen molar-refractivity contribution in [3.63, 3.8) is 0 Å². The number of hydrogen-bond donors (Lipinski definition) is 2. The van der Waals surface area contributed by atoms with Crippen molar-refractivity contribution in [3.05, 3.63) is 53.6 Å². The highest BCUT2D eigenvalue weighted by Gasteiger charge is 2.12. The van der Waals surface area contributed by atoms with Crippen molar-refractivity contribution in [1.29, 1.82) is 0 Å². The molecule has 0 saturated heterocycles. The Morgan fingerprint density at radius 3 is 2.70 bits per heavy atom. The molecule has 1 amide bonds. The molecule has 23 heavy (non-hydrogen) atoms. The van der Waals surface area contributed by atoms with E-state index in [1.54, 1.807) is 12.1 Å². The number of amides is 1. The third kappa shape index (κ3) is 3.94. The number of nitrogens with one attached hydrogen (secondary N) is 1. The number of carbonyl (C=O) groups is 1. The maximum Gasteiger partial charge on any atom is 0.220 e. The summed E-state index contributed by atoms with van der Waals surface area (Å²) in [5.74, 6) is 1.64. The van der Waals surface area contributed by atoms with E-state index in [2.05, 4.69) is 5.32 Å². The molecule has 2 aromatic rings. The van der Waals surface area contributed by atoms with Gasteiger partial charge in [-0.25, -0.2) is 0 Å². The number of para-hydroxylation sites is 1. The van der Waals surface area contributed by atoms with Crippen LogP contribution < -0.4 is 14.8 Å². The Morgan fingerprint density at radius 1 is 1.09 bits per heavy atom. The Bertz CT molecular complexity index is 699. The number of carbonyl (C=O) groups excluding carboxylic acids is 1. The molecule has 0 saturated carbocycles. The number of ether oxygens (including phenoxy) is 2. The van der Waals surface area contributed by atoms with Gasteiger partial charge in [0.25, 0.3) is 0 Å². The lowest BCUT2D eigenvalue weighted by Gasteiger charge is -2.19. The highest BCUT2D eigenvalue weighted by molar-refractivity contribution is 5.76. The zero-order valence-corrected chi connectivity index (χ0v) is 12.7. The summed E-state index contributed by atoms with van der Waals surface area (Å²) < 4.78 is 11.0. The van der Waals surface area contributed by atoms with Crippen LogP contribution in [0.5, 0.6) is 17.2 Å². The van der Waals surface area contributed by atoms with Crippen LogP contribution in [0.25, 0.3) is 0 Å². The summed E-state index contributed by atoms with van der Waals surface area (Å²) >= 11 is 0. The molecule has 0 fully saturated rings. The van der Waals surface area contributed by atoms with Gasteiger partial charge in [-0.3, -0.25) is 4.79 Å². The molecule has 5 nitrogen and oxygen atoms in total. The number of fused-ring (bicyclic) bond motifs is 1. The van der Waals surface area contributed by atoms with Crippen LogP contribution in [0.1, 0.15) is 17.5 Å². The van der Waals surface area contributed by atoms with E-state index in [9.17, 15) is 9.90 Å². The lowest BCUT2D eigenvalue weighted by Crippen LogP contribution is -2.23. The lowest BCUT2D eigenvalue weighted by atomic mass is 10.1. The van der Waals surface area contributed by atoms with E-state index in [0.29, 0.717) is 32.6 Å². The monoisotopic (exact) mass is 313 g/mol. The predicted molar refractivity (Wildman–Crippen MR) is 85.7 cm³/mol. The van der Waals surface area contributed by atoms with Crippen LogP contribution in [0.15, 0.2) is 42.5 Å². The standard InChI is InChI=1S/C18H19NO4/c20-15-4-2-1-3-14(15)6-8-18(21)19-12-13-5-7-16-17(11-13)23-10-9-22-16/h1-5,7,11,20H,6,8-10,12H2,(H,19,21). The minimum Gasteiger partial charge on any atom is -0.508 e. The van der Waals surface area contributed by atoms with Crippen molar-refractivity contribution >= 4 is 5.91 Å². The third-order valence-electron chi connectivity index (χ3n) is 3.71. The molecule has 0 bridgehead atoms. The molecule has 1 aliphatic heterocycles. The van der Waals surface area contributed by atoms with Gasteiger partial charge in [-0.1, -0.05) is 24.3 Å². The third-order valence-corrected chi connectivity index (χ3v) is 3.71. The summed E-state index contributed by atoms with van der Waals surface area (Å²) in [6.07, 6.45) is 0.849. The average molecular weight is 313 g/mol. The van der Waals surface area contributed by atoms with Gasteiger partial charge in [0, 0.05) is 13.0 Å². The first-order chi connectivity index (χ1) is 11.2. The van der Waals surface area contributed by atoms with Crippen molar-refractivity contribution in [2.24, 2.45) is 0 Å². The van der Waals surface area contributed by atoms with E-state index >= 15 is 0 Å². The van der Waals surface area contributed by atoms with E-state index in [0.717, 1.165) is 22.6 Å². The Balaban J connectivity index is 1.50. The summed E-state index contributed by atoms with van der Waals surface area (Å²) in [6, 6.07) is 12.7. The van der Waals surface area contributed by atoms with Gasteiger partial charge in [-0.15, -0.1) is 0 Å². The number of phenols is 1. The first-order valence-electron chi connectivity index (χ1n) is 7.64. The number of aromatic hydroxyl groups is 1. The second-order valence-electron chi connectivity index (χ2n) is 5.38. The maximum absolute atomic E-state index is 11.9. The quantitative estimate of drug-likeness (QED) is 0.889. The van der Waals surface area contributed by atoms with Crippen molar-refractivity contribution in [1.82, 2.24) is 5.32 Å². The fourth-order valence-corrected chi connectivity index (χ4v) is 2.46. The van der Waals surface area contributed by atoms with Gasteiger partial charge in [0.05, 0.1) is 0 Å². The second-order valence-corrected chi connectivity index (χ2v) is 5.38. The SMILES string of the molecule is O=C(CCc1ccccc1O)NCc1ccc2c(c1)OCCO2. The molecular formula is C18H19NO4. The van der Waals surface area contributed by atoms with E-state index in [-0.39, 0.29) is 11.7 Å². The molecule has 0 atom stereocenters. The first-order valence-corrected chi connectivity index (χ1v) is 7.64. The van der Waals surface area contributed by atoms with Gasteiger partial charge in [-0.2, -0.15) is 0 Å². The molecule has 1 aliphatic rings. The van der Waals surface area contributed by atoms with Crippen molar-refractivity contribution < 1.29 is 19.4 Å². The minimum absolute atomic E-state index is 0.0526. The minimum atomic E-state index is -0.0526. The molecule has 0 spiro atoms. The average Bonchev–Trinajstić information content (AvgIpc) is 2.59. The number of hydrogen-bond acceptors (Lipinski definition) is 4. The number of rotatable bonds is 5. The van der Waals surface area contributed by atoms with E-state index in [1.165, 1.54) is 0 Å². The largest absolute Gasteiger partial charge is 0.508 e. The molecule has 120 valence electrons. The van der Waals surface area contributed by atoms with Crippen molar-refractivity contribution in [2.45, 2.75) is 19.4 Å². The summed E-state index contributed by atoms with van der Waals surface area (Å²) in [5.41, 5.74) is 1.74. The van der Waals surface area contributed by atoms with Crippen LogP contribution in [0.4, 0.5) is 0 Å². The molecule has 2 aromatic carbocycles. The molecule has 3 rings (SSSR count). The zero-order chi connectivity index (χ0) is 16.1. The van der Waals surface area contributed by atoms with E-state index in [4.69, 9.17) is 9.47 Å². The van der Waals surface area contributed by atoms with E-state index < -0.39 is 0 Å². The molecule has 0 aromatic heterocycles. The topological polar surface area (TPSA) is 67.8 Å². The Morgan fingerprint density at radius 2 is 1.87 bits per heavy atom. The number of phenolic OH excluding ortho intramolecular Hbond substituents is 1. The summed E-state index contributed by atoms with van der Waals surface area (Å²) in [6.45, 7) is 1.55. The molecular weight excluding hydrogens is 294 g/mol. The van der Waals surface area contributed by atoms with Gasteiger partial charge in [0.1, 0.15) is 19.0 Å². The number of aryl methyl sites for hydroxylation is 1. The van der Waals surface area contributed by atoms with Crippen LogP contribution in [-0.2, 0) is 17.8 Å². The smallest absolute Gasteiger partial charge is 0.220 e. The van der Waals surface area contributed by atoms with Gasteiger partial charge in [-0.05, 0) is 35.7 Å². The van der Waals surface area contributed by atoms with Crippen LogP contribution in [-0.4, -0.2) is 24.2 Å². The van der Waals surface area contributed by atoms with Crippen molar-refractivity contribution in [2.75, 3.05) is 13.2 Å². The fourth-order valence-electron chi connectivity index (χ4n) is 2.46. The Hall–Kier alpha value is -2.69. The van der Waals surface area contributed by atoms with E-state index in [1.807, 2.05) is 30.3 Å². The fraction of sp³-hybridized carbons (Fsp3) is 0.278. The van der Waals surface area contributed by atoms with Crippen LogP contribution in [0.2, 0.25) is 0 Å². The molecule has 1 heterocycles. The lowest BCUT2D eigenvalue weighted by molar-refractivity contribution is -0.121. The number of benzene rings is 2. The summed E-state index contributed by atoms with van der Waals surface area (Å²) in [5, 5.41) is 12.6. The van der Waals surface area contributed by atoms with Gasteiger partial charge < -0.3 is 19.9 Å². The molecule has 0 radical (unpaired) electrons. The highest BCUT2D eigenvalue weighted by Crippen LogP contribution is 2.30. The van der Waals surface area contributed by atoms with Crippen LogP contribution in [0.3, 0.4) is 0 Å². The molecule has 0 unspecified atom stereocenters. The van der Waals surface area contributed by atoms with Gasteiger partial charge in [0.15, 0.2) is 11.5 Å². The maximum atomic E-state index is 11.9. The highest BCUT2D eigenvalue weighted by atomic mass is 16.6. The molecule has 5 heteroatoms. The van der Waals surface area contributed by atoms with Crippen molar-refractivity contribution in [3.8, 4) is 17.2 Å².